The molecule has 0 aromatic heterocycles. The Hall–Kier alpha value is -1.26. The minimum absolute atomic E-state index is 0.0944. The van der Waals surface area contributed by atoms with Crippen LogP contribution in [0.1, 0.15) is 38.8 Å². The first kappa shape index (κ1) is 16.8. The van der Waals surface area contributed by atoms with Crippen LogP contribution in [0.3, 0.4) is 0 Å². The van der Waals surface area contributed by atoms with Gasteiger partial charge in [0.2, 0.25) is 0 Å². The zero-order valence-electron chi connectivity index (χ0n) is 13.6. The van der Waals surface area contributed by atoms with Gasteiger partial charge in [-0.3, -0.25) is 4.90 Å². The zero-order valence-corrected chi connectivity index (χ0v) is 13.6. The molecule has 0 aliphatic rings. The van der Waals surface area contributed by atoms with E-state index in [0.717, 1.165) is 23.5 Å². The summed E-state index contributed by atoms with van der Waals surface area (Å²) in [6, 6.07) is 6.16. The van der Waals surface area contributed by atoms with Crippen LogP contribution in [-0.2, 0) is 0 Å². The summed E-state index contributed by atoms with van der Waals surface area (Å²) in [6.45, 7) is 7.22. The average Bonchev–Trinajstić information content (AvgIpc) is 2.47. The molecule has 0 heterocycles. The van der Waals surface area contributed by atoms with Crippen LogP contribution < -0.4 is 15.2 Å². The number of rotatable bonds is 7. The first-order valence-electron chi connectivity index (χ1n) is 7.06. The average molecular weight is 280 g/mol. The molecule has 0 amide bonds. The Morgan fingerprint density at radius 1 is 1.20 bits per heavy atom. The maximum Gasteiger partial charge on any atom is 0.161 e. The summed E-state index contributed by atoms with van der Waals surface area (Å²) < 4.78 is 10.7. The fourth-order valence-corrected chi connectivity index (χ4v) is 2.25. The normalized spacial score (nSPS) is 13.4. The van der Waals surface area contributed by atoms with Crippen molar-refractivity contribution in [1.29, 1.82) is 0 Å². The van der Waals surface area contributed by atoms with E-state index in [2.05, 4.69) is 38.8 Å². The number of hydrogen-bond donors (Lipinski definition) is 1. The first-order valence-corrected chi connectivity index (χ1v) is 7.06. The topological polar surface area (TPSA) is 47.7 Å². The van der Waals surface area contributed by atoms with Crippen molar-refractivity contribution in [1.82, 2.24) is 4.90 Å². The van der Waals surface area contributed by atoms with Crippen LogP contribution in [0.25, 0.3) is 0 Å². The lowest BCUT2D eigenvalue weighted by Gasteiger charge is -2.40. The molecule has 0 spiro atoms. The minimum Gasteiger partial charge on any atom is -0.493 e. The number of benzene rings is 1. The molecule has 20 heavy (non-hydrogen) atoms. The van der Waals surface area contributed by atoms with Crippen LogP contribution >= 0.6 is 0 Å². The van der Waals surface area contributed by atoms with Gasteiger partial charge in [0.25, 0.3) is 0 Å². The Bertz CT molecular complexity index is 432. The first-order chi connectivity index (χ1) is 9.41. The van der Waals surface area contributed by atoms with E-state index in [1.54, 1.807) is 14.2 Å². The number of hydrogen-bond acceptors (Lipinski definition) is 4. The van der Waals surface area contributed by atoms with Crippen LogP contribution in [0, 0.1) is 0 Å². The van der Waals surface area contributed by atoms with Gasteiger partial charge in [0.15, 0.2) is 11.5 Å². The smallest absolute Gasteiger partial charge is 0.161 e. The molecule has 1 rings (SSSR count). The van der Waals surface area contributed by atoms with E-state index in [1.807, 2.05) is 12.1 Å². The predicted molar refractivity (Wildman–Crippen MR) is 83.5 cm³/mol. The maximum atomic E-state index is 6.01. The summed E-state index contributed by atoms with van der Waals surface area (Å²) >= 11 is 0. The monoisotopic (exact) mass is 280 g/mol. The molecule has 114 valence electrons. The van der Waals surface area contributed by atoms with E-state index < -0.39 is 0 Å². The standard InChI is InChI=1S/C16H28N2O2/c1-7-16(2,3)18(4)13(11-17)12-8-9-14(19-5)15(10-12)20-6/h8-10,13H,7,11,17H2,1-6H3. The highest BCUT2D eigenvalue weighted by Crippen LogP contribution is 2.34. The van der Waals surface area contributed by atoms with Gasteiger partial charge in [-0.1, -0.05) is 13.0 Å². The van der Waals surface area contributed by atoms with Crippen molar-refractivity contribution in [2.75, 3.05) is 27.8 Å². The Morgan fingerprint density at radius 2 is 1.80 bits per heavy atom. The molecule has 2 N–H and O–H groups in total. The molecule has 0 fully saturated rings. The quantitative estimate of drug-likeness (QED) is 0.834. The molecular weight excluding hydrogens is 252 g/mol. The highest BCUT2D eigenvalue weighted by atomic mass is 16.5. The third-order valence-corrected chi connectivity index (χ3v) is 4.30. The van der Waals surface area contributed by atoms with E-state index in [9.17, 15) is 0 Å². The number of ether oxygens (including phenoxy) is 2. The van der Waals surface area contributed by atoms with Crippen LogP contribution in [0.5, 0.6) is 11.5 Å². The molecule has 0 saturated carbocycles. The summed E-state index contributed by atoms with van der Waals surface area (Å²) in [7, 11) is 5.42. The van der Waals surface area contributed by atoms with Crippen LogP contribution in [0.2, 0.25) is 0 Å². The van der Waals surface area contributed by atoms with Gasteiger partial charge in [-0.05, 0) is 45.0 Å². The second-order valence-electron chi connectivity index (χ2n) is 5.64. The lowest BCUT2D eigenvalue weighted by Crippen LogP contribution is -2.45. The molecule has 1 aromatic carbocycles. The second-order valence-corrected chi connectivity index (χ2v) is 5.64. The molecule has 1 atom stereocenters. The van der Waals surface area contributed by atoms with Gasteiger partial charge < -0.3 is 15.2 Å². The Balaban J connectivity index is 3.13. The molecule has 4 nitrogen and oxygen atoms in total. The summed E-state index contributed by atoms with van der Waals surface area (Å²) in [4.78, 5) is 2.33. The fourth-order valence-electron chi connectivity index (χ4n) is 2.25. The summed E-state index contributed by atoms with van der Waals surface area (Å²) in [5.41, 5.74) is 7.25. The second kappa shape index (κ2) is 6.95. The van der Waals surface area contributed by atoms with Gasteiger partial charge in [-0.25, -0.2) is 0 Å². The van der Waals surface area contributed by atoms with Gasteiger partial charge in [-0.15, -0.1) is 0 Å². The highest BCUT2D eigenvalue weighted by molar-refractivity contribution is 5.44. The summed E-state index contributed by atoms with van der Waals surface area (Å²) in [6.07, 6.45) is 1.06. The van der Waals surface area contributed by atoms with Crippen LogP contribution in [0.4, 0.5) is 0 Å². The van der Waals surface area contributed by atoms with Crippen molar-refractivity contribution in [2.45, 2.75) is 38.8 Å². The van der Waals surface area contributed by atoms with Crippen molar-refractivity contribution >= 4 is 0 Å². The van der Waals surface area contributed by atoms with Gasteiger partial charge in [0.05, 0.1) is 14.2 Å². The Kier molecular flexibility index (Phi) is 5.84. The van der Waals surface area contributed by atoms with E-state index in [0.29, 0.717) is 6.54 Å². The van der Waals surface area contributed by atoms with E-state index in [4.69, 9.17) is 15.2 Å². The number of likely N-dealkylation sites (N-methyl/N-ethyl adjacent to an activating group) is 1. The fraction of sp³-hybridized carbons (Fsp3) is 0.625. The third-order valence-electron chi connectivity index (χ3n) is 4.30. The minimum atomic E-state index is 0.0944. The van der Waals surface area contributed by atoms with Crippen molar-refractivity contribution < 1.29 is 9.47 Å². The van der Waals surface area contributed by atoms with Gasteiger partial charge >= 0.3 is 0 Å². The van der Waals surface area contributed by atoms with Crippen molar-refractivity contribution in [3.63, 3.8) is 0 Å². The SMILES string of the molecule is CCC(C)(C)N(C)C(CN)c1ccc(OC)c(OC)c1. The molecular formula is C16H28N2O2. The molecule has 1 aromatic rings. The molecule has 0 aliphatic heterocycles. The highest BCUT2D eigenvalue weighted by Gasteiger charge is 2.28. The largest absolute Gasteiger partial charge is 0.493 e. The predicted octanol–water partition coefficient (Wildman–Crippen LogP) is 2.82. The molecule has 0 aliphatic carbocycles. The van der Waals surface area contributed by atoms with Gasteiger partial charge in [0.1, 0.15) is 0 Å². The molecule has 4 heteroatoms. The number of nitrogens with zero attached hydrogens (tertiary/aromatic N) is 1. The zero-order chi connectivity index (χ0) is 15.3. The lowest BCUT2D eigenvalue weighted by molar-refractivity contribution is 0.100. The van der Waals surface area contributed by atoms with Crippen LogP contribution in [0.15, 0.2) is 18.2 Å². The Morgan fingerprint density at radius 3 is 2.25 bits per heavy atom. The molecule has 0 bridgehead atoms. The van der Waals surface area contributed by atoms with E-state index >= 15 is 0 Å². The third kappa shape index (κ3) is 3.44. The molecule has 0 radical (unpaired) electrons. The van der Waals surface area contributed by atoms with Crippen molar-refractivity contribution in [3.05, 3.63) is 23.8 Å². The molecule has 1 unspecified atom stereocenters. The molecule has 0 saturated heterocycles. The van der Waals surface area contributed by atoms with Gasteiger partial charge in [0, 0.05) is 18.1 Å². The number of methoxy groups -OCH3 is 2. The van der Waals surface area contributed by atoms with Crippen molar-refractivity contribution in [2.24, 2.45) is 5.73 Å². The lowest BCUT2D eigenvalue weighted by atomic mass is 9.94. The summed E-state index contributed by atoms with van der Waals surface area (Å²) in [5.74, 6) is 1.48. The van der Waals surface area contributed by atoms with Gasteiger partial charge in [-0.2, -0.15) is 0 Å². The Labute approximate surface area is 122 Å². The summed E-state index contributed by atoms with van der Waals surface area (Å²) in [5, 5.41) is 0. The van der Waals surface area contributed by atoms with Crippen molar-refractivity contribution in [3.8, 4) is 11.5 Å². The number of nitrogens with two attached hydrogens (primary N) is 1. The van der Waals surface area contributed by atoms with E-state index in [-0.39, 0.29) is 11.6 Å². The van der Waals surface area contributed by atoms with Crippen LogP contribution in [-0.4, -0.2) is 38.3 Å². The maximum absolute atomic E-state index is 6.01. The van der Waals surface area contributed by atoms with E-state index in [1.165, 1.54) is 0 Å².